The van der Waals surface area contributed by atoms with Crippen LogP contribution in [0.15, 0.2) is 54.6 Å². The zero-order valence-corrected chi connectivity index (χ0v) is 12.8. The lowest BCUT2D eigenvalue weighted by Gasteiger charge is -2.40. The Morgan fingerprint density at radius 1 is 0.955 bits per heavy atom. The van der Waals surface area contributed by atoms with Gasteiger partial charge in [-0.3, -0.25) is 0 Å². The second-order valence-electron chi connectivity index (χ2n) is 6.32. The minimum absolute atomic E-state index is 0.172. The highest BCUT2D eigenvalue weighted by Crippen LogP contribution is 2.39. The third kappa shape index (κ3) is 2.30. The van der Waals surface area contributed by atoms with E-state index >= 15 is 0 Å². The quantitative estimate of drug-likeness (QED) is 0.815. The van der Waals surface area contributed by atoms with Crippen LogP contribution in [0.1, 0.15) is 25.0 Å². The Morgan fingerprint density at radius 3 is 2.14 bits per heavy atom. The number of amides is 2. The summed E-state index contributed by atoms with van der Waals surface area (Å²) < 4.78 is 0. The first-order valence-electron chi connectivity index (χ1n) is 7.37. The molecule has 2 amide bonds. The molecule has 1 saturated heterocycles. The normalized spacial score (nSPS) is 22.9. The van der Waals surface area contributed by atoms with Crippen molar-refractivity contribution in [2.75, 3.05) is 0 Å². The first kappa shape index (κ1) is 14.4. The molecule has 0 bridgehead atoms. The molecule has 1 heterocycles. The van der Waals surface area contributed by atoms with Crippen molar-refractivity contribution in [1.29, 1.82) is 0 Å². The van der Waals surface area contributed by atoms with Crippen molar-refractivity contribution in [1.82, 2.24) is 10.6 Å². The molecule has 1 aliphatic rings. The lowest BCUT2D eigenvalue weighted by Crippen LogP contribution is -2.55. The van der Waals surface area contributed by atoms with Gasteiger partial charge in [0.25, 0.3) is 0 Å². The summed E-state index contributed by atoms with van der Waals surface area (Å²) in [6.45, 7) is 4.03. The third-order valence-corrected chi connectivity index (χ3v) is 4.49. The second kappa shape index (κ2) is 5.05. The summed E-state index contributed by atoms with van der Waals surface area (Å²) >= 11 is 0. The Morgan fingerprint density at radius 2 is 1.59 bits per heavy atom. The fourth-order valence-electron chi connectivity index (χ4n) is 3.22. The lowest BCUT2D eigenvalue weighted by atomic mass is 9.72. The van der Waals surface area contributed by atoms with Crippen LogP contribution >= 0.6 is 0 Å². The first-order chi connectivity index (χ1) is 10.4. The van der Waals surface area contributed by atoms with E-state index in [4.69, 9.17) is 0 Å². The van der Waals surface area contributed by atoms with Crippen molar-refractivity contribution in [3.8, 4) is 5.75 Å². The number of nitrogens with one attached hydrogen (secondary N) is 2. The molecule has 0 aliphatic carbocycles. The first-order valence-corrected chi connectivity index (χ1v) is 7.37. The third-order valence-electron chi connectivity index (χ3n) is 4.49. The van der Waals surface area contributed by atoms with E-state index in [1.165, 1.54) is 0 Å². The minimum Gasteiger partial charge on any atom is -0.508 e. The Labute approximate surface area is 130 Å². The zero-order chi connectivity index (χ0) is 15.8. The highest BCUT2D eigenvalue weighted by Gasteiger charge is 2.53. The molecular weight excluding hydrogens is 276 g/mol. The number of carbonyl (C=O) groups is 1. The lowest BCUT2D eigenvalue weighted by molar-refractivity contribution is 0.241. The van der Waals surface area contributed by atoms with Gasteiger partial charge in [-0.25, -0.2) is 4.79 Å². The van der Waals surface area contributed by atoms with Crippen LogP contribution in [0, 0.1) is 0 Å². The Bertz CT molecular complexity index is 680. The van der Waals surface area contributed by atoms with Crippen LogP contribution in [0.25, 0.3) is 0 Å². The van der Waals surface area contributed by atoms with E-state index in [1.807, 2.05) is 44.2 Å². The van der Waals surface area contributed by atoms with Gasteiger partial charge in [0.15, 0.2) is 0 Å². The largest absolute Gasteiger partial charge is 0.508 e. The molecular formula is C18H20N2O2. The Hall–Kier alpha value is -2.49. The molecule has 0 spiro atoms. The maximum Gasteiger partial charge on any atom is 0.316 e. The van der Waals surface area contributed by atoms with Crippen LogP contribution in [-0.4, -0.2) is 16.7 Å². The molecule has 1 unspecified atom stereocenters. The number of phenolic OH excluding ortho intramolecular Hbond substituents is 1. The summed E-state index contributed by atoms with van der Waals surface area (Å²) in [6, 6.07) is 17.0. The van der Waals surface area contributed by atoms with Crippen LogP contribution < -0.4 is 10.6 Å². The number of phenols is 1. The molecule has 0 saturated carbocycles. The summed E-state index contributed by atoms with van der Waals surface area (Å²) in [5.41, 5.74) is 1.08. The molecule has 0 radical (unpaired) electrons. The Balaban J connectivity index is 2.10. The van der Waals surface area contributed by atoms with E-state index in [2.05, 4.69) is 22.8 Å². The van der Waals surface area contributed by atoms with Gasteiger partial charge in [0, 0.05) is 6.42 Å². The maximum atomic E-state index is 12.0. The molecule has 114 valence electrons. The highest BCUT2D eigenvalue weighted by atomic mass is 16.3. The van der Waals surface area contributed by atoms with Crippen molar-refractivity contribution < 1.29 is 9.90 Å². The molecule has 3 rings (SSSR count). The molecule has 3 N–H and O–H groups in total. The van der Waals surface area contributed by atoms with Gasteiger partial charge in [0.1, 0.15) is 5.75 Å². The van der Waals surface area contributed by atoms with Crippen molar-refractivity contribution in [2.45, 2.75) is 31.3 Å². The SMILES string of the molecule is CC1(C)NC(=O)NC1(Cc1ccccc1)c1ccc(O)cc1. The van der Waals surface area contributed by atoms with E-state index < -0.39 is 11.1 Å². The van der Waals surface area contributed by atoms with Crippen molar-refractivity contribution in [2.24, 2.45) is 0 Å². The maximum absolute atomic E-state index is 12.0. The predicted molar refractivity (Wildman–Crippen MR) is 85.7 cm³/mol. The number of benzene rings is 2. The van der Waals surface area contributed by atoms with Gasteiger partial charge >= 0.3 is 6.03 Å². The van der Waals surface area contributed by atoms with Crippen molar-refractivity contribution in [3.63, 3.8) is 0 Å². The molecule has 2 aromatic carbocycles. The van der Waals surface area contributed by atoms with E-state index in [-0.39, 0.29) is 11.8 Å². The molecule has 22 heavy (non-hydrogen) atoms. The van der Waals surface area contributed by atoms with E-state index in [0.29, 0.717) is 6.42 Å². The summed E-state index contributed by atoms with van der Waals surface area (Å²) in [7, 11) is 0. The number of carbonyl (C=O) groups excluding carboxylic acids is 1. The molecule has 1 atom stereocenters. The van der Waals surface area contributed by atoms with Crippen LogP contribution in [0.5, 0.6) is 5.75 Å². The Kier molecular flexibility index (Phi) is 3.32. The fraction of sp³-hybridized carbons (Fsp3) is 0.278. The summed E-state index contributed by atoms with van der Waals surface area (Å²) in [6.07, 6.45) is 0.671. The highest BCUT2D eigenvalue weighted by molar-refractivity contribution is 5.80. The standard InChI is InChI=1S/C18H20N2O2/c1-17(2)18(20-16(22)19-17,12-13-6-4-3-5-7-13)14-8-10-15(21)11-9-14/h3-11,21H,12H2,1-2H3,(H2,19,20,22). The van der Waals surface area contributed by atoms with Gasteiger partial charge < -0.3 is 15.7 Å². The molecule has 1 aliphatic heterocycles. The summed E-state index contributed by atoms with van der Waals surface area (Å²) in [5, 5.41) is 15.7. The molecule has 1 fully saturated rings. The summed E-state index contributed by atoms with van der Waals surface area (Å²) in [5.74, 6) is 0.216. The topological polar surface area (TPSA) is 61.4 Å². The van der Waals surface area contributed by atoms with Crippen LogP contribution in [0.2, 0.25) is 0 Å². The van der Waals surface area contributed by atoms with E-state index in [9.17, 15) is 9.90 Å². The molecule has 4 heteroatoms. The number of hydrogen-bond donors (Lipinski definition) is 3. The monoisotopic (exact) mass is 296 g/mol. The zero-order valence-electron chi connectivity index (χ0n) is 12.8. The average Bonchev–Trinajstić information content (AvgIpc) is 2.70. The van der Waals surface area contributed by atoms with Gasteiger partial charge in [-0.2, -0.15) is 0 Å². The molecule has 4 nitrogen and oxygen atoms in total. The van der Waals surface area contributed by atoms with Gasteiger partial charge in [0.05, 0.1) is 11.1 Å². The number of aromatic hydroxyl groups is 1. The van der Waals surface area contributed by atoms with E-state index in [1.54, 1.807) is 12.1 Å². The van der Waals surface area contributed by atoms with Gasteiger partial charge in [-0.05, 0) is 37.1 Å². The average molecular weight is 296 g/mol. The molecule has 0 aromatic heterocycles. The van der Waals surface area contributed by atoms with Gasteiger partial charge in [0.2, 0.25) is 0 Å². The van der Waals surface area contributed by atoms with E-state index in [0.717, 1.165) is 11.1 Å². The number of hydrogen-bond acceptors (Lipinski definition) is 2. The van der Waals surface area contributed by atoms with Crippen molar-refractivity contribution in [3.05, 3.63) is 65.7 Å². The molecule has 2 aromatic rings. The predicted octanol–water partition coefficient (Wildman–Crippen LogP) is 2.92. The minimum atomic E-state index is -0.570. The number of rotatable bonds is 3. The van der Waals surface area contributed by atoms with Crippen LogP contribution in [0.4, 0.5) is 4.79 Å². The summed E-state index contributed by atoms with van der Waals surface area (Å²) in [4.78, 5) is 12.0. The fourth-order valence-corrected chi connectivity index (χ4v) is 3.22. The van der Waals surface area contributed by atoms with Crippen LogP contribution in [-0.2, 0) is 12.0 Å². The van der Waals surface area contributed by atoms with Crippen molar-refractivity contribution >= 4 is 6.03 Å². The number of urea groups is 1. The van der Waals surface area contributed by atoms with Gasteiger partial charge in [-0.15, -0.1) is 0 Å². The van der Waals surface area contributed by atoms with Crippen LogP contribution in [0.3, 0.4) is 0 Å². The second-order valence-corrected chi connectivity index (χ2v) is 6.32. The smallest absolute Gasteiger partial charge is 0.316 e. The van der Waals surface area contributed by atoms with Gasteiger partial charge in [-0.1, -0.05) is 42.5 Å².